The summed E-state index contributed by atoms with van der Waals surface area (Å²) in [5.74, 6) is 0.220. The Morgan fingerprint density at radius 1 is 1.03 bits per heavy atom. The molecule has 5 fully saturated rings. The Morgan fingerprint density at radius 2 is 1.84 bits per heavy atom. The summed E-state index contributed by atoms with van der Waals surface area (Å²) >= 11 is 0. The molecule has 4 saturated carbocycles. The van der Waals surface area contributed by atoms with Crippen molar-refractivity contribution in [2.75, 3.05) is 20.3 Å². The molecule has 0 aromatic rings. The maximum Gasteiger partial charge on any atom is 0.331 e. The lowest BCUT2D eigenvalue weighted by molar-refractivity contribution is -0.301. The second kappa shape index (κ2) is 9.00. The quantitative estimate of drug-likeness (QED) is 0.383. The fourth-order valence-corrected chi connectivity index (χ4v) is 9.85. The van der Waals surface area contributed by atoms with Gasteiger partial charge in [-0.25, -0.2) is 4.79 Å². The molecule has 2 heterocycles. The summed E-state index contributed by atoms with van der Waals surface area (Å²) in [6.45, 7) is 5.01. The van der Waals surface area contributed by atoms with E-state index in [-0.39, 0.29) is 48.3 Å². The van der Waals surface area contributed by atoms with Crippen LogP contribution in [0.4, 0.5) is 0 Å². The molecule has 3 N–H and O–H groups in total. The lowest BCUT2D eigenvalue weighted by Gasteiger charge is -2.67. The van der Waals surface area contributed by atoms with Crippen LogP contribution >= 0.6 is 0 Å². The summed E-state index contributed by atoms with van der Waals surface area (Å²) in [6, 6.07) is 0. The predicted molar refractivity (Wildman–Crippen MR) is 133 cm³/mol. The lowest BCUT2D eigenvalue weighted by Crippen LogP contribution is -2.73. The monoisotopic (exact) mass is 520 g/mol. The summed E-state index contributed by atoms with van der Waals surface area (Å²) in [7, 11) is 1.61. The highest BCUT2D eigenvalue weighted by molar-refractivity contribution is 5.85. The third kappa shape index (κ3) is 3.73. The van der Waals surface area contributed by atoms with Gasteiger partial charge in [0.15, 0.2) is 6.29 Å². The average molecular weight is 521 g/mol. The van der Waals surface area contributed by atoms with E-state index in [4.69, 9.17) is 18.9 Å². The Morgan fingerprint density at radius 3 is 2.57 bits per heavy atom. The Hall–Kier alpha value is -1.03. The number of ether oxygens (including phenoxy) is 4. The van der Waals surface area contributed by atoms with Crippen molar-refractivity contribution in [1.29, 1.82) is 0 Å². The molecule has 4 aliphatic carbocycles. The first-order valence-electron chi connectivity index (χ1n) is 14.3. The minimum atomic E-state index is -1.17. The first-order valence-corrected chi connectivity index (χ1v) is 14.3. The van der Waals surface area contributed by atoms with Gasteiger partial charge in [0.1, 0.15) is 12.7 Å². The van der Waals surface area contributed by atoms with Crippen molar-refractivity contribution in [3.05, 3.63) is 11.6 Å². The predicted octanol–water partition coefficient (Wildman–Crippen LogP) is 2.87. The third-order valence-electron chi connectivity index (χ3n) is 12.0. The van der Waals surface area contributed by atoms with Crippen LogP contribution in [0.25, 0.3) is 0 Å². The molecule has 1 unspecified atom stereocenters. The number of cyclic esters (lactones) is 1. The minimum absolute atomic E-state index is 0.0333. The van der Waals surface area contributed by atoms with E-state index in [2.05, 4.69) is 13.8 Å². The van der Waals surface area contributed by atoms with Crippen molar-refractivity contribution in [3.63, 3.8) is 0 Å². The van der Waals surface area contributed by atoms with Crippen LogP contribution in [-0.2, 0) is 23.7 Å². The number of hydrogen-bond acceptors (Lipinski definition) is 8. The SMILES string of the molecule is CO[C@@H]1C[C@H](O[C@H]2CC[C@]3(C)C4CC[C@]5(C)[C@@H](C6=CC(=O)OC6)CC[C@]5(O)[C@]4(O)CC[C@@H]3C2)OC[C@H]1O. The van der Waals surface area contributed by atoms with Gasteiger partial charge in [-0.15, -0.1) is 0 Å². The highest BCUT2D eigenvalue weighted by Gasteiger charge is 2.74. The van der Waals surface area contributed by atoms with E-state index in [9.17, 15) is 20.1 Å². The second-order valence-corrected chi connectivity index (χ2v) is 13.3. The number of esters is 1. The molecular formula is C29H44O8. The van der Waals surface area contributed by atoms with Crippen LogP contribution in [0.2, 0.25) is 0 Å². The number of carbonyl (C=O) groups excluding carboxylic acids is 1. The summed E-state index contributed by atoms with van der Waals surface area (Å²) in [6.07, 6.45) is 8.25. The molecule has 1 saturated heterocycles. The molecule has 37 heavy (non-hydrogen) atoms. The van der Waals surface area contributed by atoms with Crippen molar-refractivity contribution >= 4 is 5.97 Å². The normalized spacial score (nSPS) is 53.6. The summed E-state index contributed by atoms with van der Waals surface area (Å²) < 4.78 is 22.8. The van der Waals surface area contributed by atoms with Crippen LogP contribution in [0, 0.1) is 28.6 Å². The molecule has 0 spiro atoms. The van der Waals surface area contributed by atoms with E-state index in [1.165, 1.54) is 0 Å². The Balaban J connectivity index is 1.18. The second-order valence-electron chi connectivity index (χ2n) is 13.3. The van der Waals surface area contributed by atoms with E-state index in [0.717, 1.165) is 50.5 Å². The average Bonchev–Trinajstić information content (AvgIpc) is 3.41. The van der Waals surface area contributed by atoms with Gasteiger partial charge < -0.3 is 34.3 Å². The van der Waals surface area contributed by atoms with Gasteiger partial charge in [0.25, 0.3) is 0 Å². The first kappa shape index (κ1) is 26.2. The van der Waals surface area contributed by atoms with E-state index in [1.54, 1.807) is 13.2 Å². The van der Waals surface area contributed by atoms with Crippen LogP contribution in [0.15, 0.2) is 11.6 Å². The fourth-order valence-electron chi connectivity index (χ4n) is 9.85. The number of carbonyl (C=O) groups is 1. The van der Waals surface area contributed by atoms with Gasteiger partial charge in [0, 0.05) is 25.0 Å². The molecular weight excluding hydrogens is 476 g/mol. The van der Waals surface area contributed by atoms with Crippen molar-refractivity contribution in [2.45, 2.75) is 114 Å². The van der Waals surface area contributed by atoms with Gasteiger partial charge >= 0.3 is 5.97 Å². The number of rotatable bonds is 4. The Bertz CT molecular complexity index is 952. The smallest absolute Gasteiger partial charge is 0.331 e. The maximum atomic E-state index is 12.5. The van der Waals surface area contributed by atoms with Crippen molar-refractivity contribution < 1.29 is 39.1 Å². The van der Waals surface area contributed by atoms with Crippen molar-refractivity contribution in [3.8, 4) is 0 Å². The number of aliphatic hydroxyl groups is 3. The van der Waals surface area contributed by atoms with Gasteiger partial charge in [-0.1, -0.05) is 13.8 Å². The van der Waals surface area contributed by atoms with Crippen LogP contribution in [0.5, 0.6) is 0 Å². The van der Waals surface area contributed by atoms with Gasteiger partial charge in [-0.2, -0.15) is 0 Å². The molecule has 0 bridgehead atoms. The molecule has 0 radical (unpaired) electrons. The molecule has 0 amide bonds. The Labute approximate surface area is 219 Å². The number of aliphatic hydroxyl groups excluding tert-OH is 1. The molecule has 208 valence electrons. The molecule has 0 aromatic carbocycles. The van der Waals surface area contributed by atoms with E-state index >= 15 is 0 Å². The maximum absolute atomic E-state index is 12.5. The summed E-state index contributed by atoms with van der Waals surface area (Å²) in [4.78, 5) is 11.8. The van der Waals surface area contributed by atoms with Crippen molar-refractivity contribution in [1.82, 2.24) is 0 Å². The number of methoxy groups -OCH3 is 1. The highest BCUT2D eigenvalue weighted by atomic mass is 16.7. The van der Waals surface area contributed by atoms with Crippen LogP contribution in [0.1, 0.15) is 78.1 Å². The largest absolute Gasteiger partial charge is 0.458 e. The fraction of sp³-hybridized carbons (Fsp3) is 0.897. The van der Waals surface area contributed by atoms with Gasteiger partial charge in [-0.05, 0) is 86.5 Å². The van der Waals surface area contributed by atoms with Crippen LogP contribution in [-0.4, -0.2) is 77.4 Å². The van der Waals surface area contributed by atoms with Crippen molar-refractivity contribution in [2.24, 2.45) is 28.6 Å². The molecule has 8 nitrogen and oxygen atoms in total. The summed E-state index contributed by atoms with van der Waals surface area (Å²) in [5.41, 5.74) is -1.86. The highest BCUT2D eigenvalue weighted by Crippen LogP contribution is 2.71. The zero-order chi connectivity index (χ0) is 26.2. The topological polar surface area (TPSA) is 115 Å². The zero-order valence-corrected chi connectivity index (χ0v) is 22.5. The molecule has 8 heteroatoms. The number of hydrogen-bond donors (Lipinski definition) is 3. The molecule has 2 aliphatic heterocycles. The Kier molecular flexibility index (Phi) is 6.37. The first-order chi connectivity index (χ1) is 17.5. The number of fused-ring (bicyclic) bond motifs is 5. The molecule has 11 atom stereocenters. The zero-order valence-electron chi connectivity index (χ0n) is 22.5. The van der Waals surface area contributed by atoms with Crippen LogP contribution in [0.3, 0.4) is 0 Å². The molecule has 6 rings (SSSR count). The van der Waals surface area contributed by atoms with E-state index in [1.807, 2.05) is 0 Å². The summed E-state index contributed by atoms with van der Waals surface area (Å²) in [5, 5.41) is 34.9. The minimum Gasteiger partial charge on any atom is -0.458 e. The standard InChI is InChI=1S/C29H44O8/c1-26-8-5-19(37-25-14-22(34-3)21(30)16-36-25)13-18(26)4-10-28(32)23(26)7-9-27(2)20(6-11-29(27,28)33)17-12-24(31)35-15-17/h12,18-23,25,30,32-33H,4-11,13-16H2,1-3H3/t18-,19+,20-,21-,22-,23?,25+,26+,27-,28+,29-/m1/s1. The lowest BCUT2D eigenvalue weighted by atomic mass is 9.41. The van der Waals surface area contributed by atoms with E-state index < -0.39 is 22.7 Å². The molecule has 6 aliphatic rings. The van der Waals surface area contributed by atoms with Gasteiger partial charge in [-0.3, -0.25) is 0 Å². The van der Waals surface area contributed by atoms with Gasteiger partial charge in [0.2, 0.25) is 0 Å². The van der Waals surface area contributed by atoms with Gasteiger partial charge in [0.05, 0.1) is 30.0 Å². The van der Waals surface area contributed by atoms with E-state index in [0.29, 0.717) is 31.8 Å². The van der Waals surface area contributed by atoms with Crippen LogP contribution < -0.4 is 0 Å². The third-order valence-corrected chi connectivity index (χ3v) is 12.0. The molecule has 0 aromatic heterocycles.